The minimum atomic E-state index is 0.532. The molecule has 0 spiro atoms. The number of benzene rings is 1. The average molecular weight is 224 g/mol. The van der Waals surface area contributed by atoms with Gasteiger partial charge in [0.1, 0.15) is 0 Å². The molecule has 3 rings (SSSR count). The molecule has 0 saturated carbocycles. The van der Waals surface area contributed by atoms with Crippen LogP contribution < -0.4 is 5.73 Å². The number of aromatic nitrogens is 3. The molecule has 0 amide bonds. The zero-order valence-corrected chi connectivity index (χ0v) is 9.24. The van der Waals surface area contributed by atoms with Gasteiger partial charge >= 0.3 is 0 Å². The first-order chi connectivity index (χ1) is 8.38. The fraction of sp³-hybridized carbons (Fsp3) is 0.0769. The molecule has 0 radical (unpaired) electrons. The van der Waals surface area contributed by atoms with Crippen LogP contribution in [0.4, 0.5) is 0 Å². The summed E-state index contributed by atoms with van der Waals surface area (Å²) >= 11 is 0. The summed E-state index contributed by atoms with van der Waals surface area (Å²) < 4.78 is 1.97. The quantitative estimate of drug-likeness (QED) is 0.722. The molecule has 0 saturated heterocycles. The zero-order valence-electron chi connectivity index (χ0n) is 9.24. The highest BCUT2D eigenvalue weighted by atomic mass is 15.2. The Morgan fingerprint density at radius 3 is 2.88 bits per heavy atom. The van der Waals surface area contributed by atoms with Crippen LogP contribution in [0.25, 0.3) is 17.0 Å². The third-order valence-corrected chi connectivity index (χ3v) is 2.73. The smallest absolute Gasteiger partial charge is 0.168 e. The number of hydrogen-bond acceptors (Lipinski definition) is 3. The largest absolute Gasteiger partial charge is 0.326 e. The number of fused-ring (bicyclic) bond motifs is 1. The maximum absolute atomic E-state index is 5.64. The minimum Gasteiger partial charge on any atom is -0.326 e. The fourth-order valence-corrected chi connectivity index (χ4v) is 1.88. The second-order valence-electron chi connectivity index (χ2n) is 3.86. The van der Waals surface area contributed by atoms with E-state index in [4.69, 9.17) is 5.73 Å². The van der Waals surface area contributed by atoms with E-state index in [1.807, 2.05) is 53.1 Å². The number of nitrogens with two attached hydrogens (primary N) is 1. The maximum Gasteiger partial charge on any atom is 0.168 e. The van der Waals surface area contributed by atoms with Crippen molar-refractivity contribution in [3.05, 3.63) is 54.2 Å². The van der Waals surface area contributed by atoms with Gasteiger partial charge in [0.05, 0.1) is 0 Å². The molecule has 0 bridgehead atoms. The maximum atomic E-state index is 5.64. The van der Waals surface area contributed by atoms with Crippen LogP contribution in [0.15, 0.2) is 48.7 Å². The second kappa shape index (κ2) is 3.99. The summed E-state index contributed by atoms with van der Waals surface area (Å²) in [6, 6.07) is 13.9. The van der Waals surface area contributed by atoms with Gasteiger partial charge in [0, 0.05) is 18.3 Å². The topological polar surface area (TPSA) is 56.2 Å². The van der Waals surface area contributed by atoms with Crippen LogP contribution in [0.3, 0.4) is 0 Å². The van der Waals surface area contributed by atoms with Crippen LogP contribution in [0.1, 0.15) is 5.56 Å². The van der Waals surface area contributed by atoms with E-state index in [2.05, 4.69) is 10.2 Å². The molecule has 0 aliphatic carbocycles. The van der Waals surface area contributed by atoms with E-state index in [9.17, 15) is 0 Å². The summed E-state index contributed by atoms with van der Waals surface area (Å²) in [5, 5.41) is 8.35. The molecule has 4 heteroatoms. The van der Waals surface area contributed by atoms with Gasteiger partial charge in [-0.25, -0.2) is 0 Å². The van der Waals surface area contributed by atoms with E-state index in [-0.39, 0.29) is 0 Å². The molecule has 2 heterocycles. The number of nitrogens with zero attached hydrogens (tertiary/aromatic N) is 3. The Hall–Kier alpha value is -2.20. The Bertz CT molecular complexity index is 657. The number of hydrogen-bond donors (Lipinski definition) is 1. The molecule has 84 valence electrons. The predicted octanol–water partition coefficient (Wildman–Crippen LogP) is 1.85. The van der Waals surface area contributed by atoms with Gasteiger partial charge in [-0.05, 0) is 23.8 Å². The summed E-state index contributed by atoms with van der Waals surface area (Å²) in [6.07, 6.45) is 1.96. The highest BCUT2D eigenvalue weighted by Crippen LogP contribution is 2.19. The fourth-order valence-electron chi connectivity index (χ4n) is 1.88. The first-order valence-corrected chi connectivity index (χ1v) is 5.47. The van der Waals surface area contributed by atoms with Gasteiger partial charge in [0.15, 0.2) is 11.5 Å². The van der Waals surface area contributed by atoms with E-state index in [1.54, 1.807) is 0 Å². The Labute approximate surface area is 98.7 Å². The Kier molecular flexibility index (Phi) is 2.34. The third kappa shape index (κ3) is 1.68. The Balaban J connectivity index is 2.20. The van der Waals surface area contributed by atoms with E-state index in [0.717, 1.165) is 22.6 Å². The highest BCUT2D eigenvalue weighted by Gasteiger charge is 2.07. The lowest BCUT2D eigenvalue weighted by molar-refractivity contribution is 1.06. The lowest BCUT2D eigenvalue weighted by Crippen LogP contribution is -1.96. The molecule has 0 atom stereocenters. The van der Waals surface area contributed by atoms with Crippen LogP contribution in [0.5, 0.6) is 0 Å². The molecular weight excluding hydrogens is 212 g/mol. The van der Waals surface area contributed by atoms with Gasteiger partial charge in [-0.15, -0.1) is 10.2 Å². The Morgan fingerprint density at radius 2 is 2.00 bits per heavy atom. The van der Waals surface area contributed by atoms with Crippen molar-refractivity contribution in [2.75, 3.05) is 0 Å². The number of pyridine rings is 1. The molecule has 2 N–H and O–H groups in total. The SMILES string of the molecule is NCc1cccc(-c2nnc3ccccn23)c1. The van der Waals surface area contributed by atoms with E-state index < -0.39 is 0 Å². The van der Waals surface area contributed by atoms with Gasteiger partial charge in [-0.2, -0.15) is 0 Å². The number of rotatable bonds is 2. The van der Waals surface area contributed by atoms with Crippen LogP contribution in [0, 0.1) is 0 Å². The van der Waals surface area contributed by atoms with Crippen molar-refractivity contribution < 1.29 is 0 Å². The molecule has 0 unspecified atom stereocenters. The second-order valence-corrected chi connectivity index (χ2v) is 3.86. The highest BCUT2D eigenvalue weighted by molar-refractivity contribution is 5.60. The van der Waals surface area contributed by atoms with Crippen molar-refractivity contribution in [2.45, 2.75) is 6.54 Å². The van der Waals surface area contributed by atoms with Crippen LogP contribution in [-0.4, -0.2) is 14.6 Å². The van der Waals surface area contributed by atoms with Gasteiger partial charge in [-0.3, -0.25) is 4.40 Å². The molecule has 17 heavy (non-hydrogen) atoms. The van der Waals surface area contributed by atoms with Crippen LogP contribution in [-0.2, 0) is 6.54 Å². The summed E-state index contributed by atoms with van der Waals surface area (Å²) in [7, 11) is 0. The average Bonchev–Trinajstić information content (AvgIpc) is 2.82. The summed E-state index contributed by atoms with van der Waals surface area (Å²) in [4.78, 5) is 0. The molecule has 0 aliphatic rings. The molecule has 0 fully saturated rings. The van der Waals surface area contributed by atoms with Crippen molar-refractivity contribution >= 4 is 5.65 Å². The summed E-state index contributed by atoms with van der Waals surface area (Å²) in [6.45, 7) is 0.532. The molecule has 2 aromatic heterocycles. The van der Waals surface area contributed by atoms with Gasteiger partial charge in [-0.1, -0.05) is 24.3 Å². The zero-order chi connectivity index (χ0) is 11.7. The molecule has 0 aliphatic heterocycles. The van der Waals surface area contributed by atoms with E-state index in [0.29, 0.717) is 6.54 Å². The van der Waals surface area contributed by atoms with Crippen molar-refractivity contribution in [3.8, 4) is 11.4 Å². The normalized spacial score (nSPS) is 10.9. The standard InChI is InChI=1S/C13H12N4/c14-9-10-4-3-5-11(8-10)13-16-15-12-6-1-2-7-17(12)13/h1-8H,9,14H2. The third-order valence-electron chi connectivity index (χ3n) is 2.73. The van der Waals surface area contributed by atoms with Crippen LogP contribution >= 0.6 is 0 Å². The van der Waals surface area contributed by atoms with Crippen molar-refractivity contribution in [3.63, 3.8) is 0 Å². The van der Waals surface area contributed by atoms with E-state index >= 15 is 0 Å². The van der Waals surface area contributed by atoms with E-state index in [1.165, 1.54) is 0 Å². The lowest BCUT2D eigenvalue weighted by atomic mass is 10.1. The lowest BCUT2D eigenvalue weighted by Gasteiger charge is -2.02. The monoisotopic (exact) mass is 224 g/mol. The van der Waals surface area contributed by atoms with Gasteiger partial charge < -0.3 is 5.73 Å². The van der Waals surface area contributed by atoms with Crippen molar-refractivity contribution in [1.29, 1.82) is 0 Å². The molecule has 1 aromatic carbocycles. The van der Waals surface area contributed by atoms with Crippen LogP contribution in [0.2, 0.25) is 0 Å². The van der Waals surface area contributed by atoms with Gasteiger partial charge in [0.25, 0.3) is 0 Å². The molecular formula is C13H12N4. The van der Waals surface area contributed by atoms with Gasteiger partial charge in [0.2, 0.25) is 0 Å². The Morgan fingerprint density at radius 1 is 1.06 bits per heavy atom. The first kappa shape index (κ1) is 9.99. The van der Waals surface area contributed by atoms with Crippen molar-refractivity contribution in [2.24, 2.45) is 5.73 Å². The summed E-state index contributed by atoms with van der Waals surface area (Å²) in [5.74, 6) is 0.843. The minimum absolute atomic E-state index is 0.532. The molecule has 4 nitrogen and oxygen atoms in total. The summed E-state index contributed by atoms with van der Waals surface area (Å²) in [5.41, 5.74) is 8.62. The molecule has 3 aromatic rings. The van der Waals surface area contributed by atoms with Crippen molar-refractivity contribution in [1.82, 2.24) is 14.6 Å². The first-order valence-electron chi connectivity index (χ1n) is 5.47. The predicted molar refractivity (Wildman–Crippen MR) is 66.3 cm³/mol.